The summed E-state index contributed by atoms with van der Waals surface area (Å²) in [5, 5.41) is 1.21. The van der Waals surface area contributed by atoms with E-state index < -0.39 is 11.8 Å². The Bertz CT molecular complexity index is 707. The number of nitrogens with one attached hydrogen (secondary N) is 1. The minimum absolute atomic E-state index is 0.0416. The minimum Gasteiger partial charge on any atom is -0.465 e. The number of halogens is 1. The Morgan fingerprint density at radius 1 is 1.20 bits per heavy atom. The van der Waals surface area contributed by atoms with Crippen molar-refractivity contribution in [3.63, 3.8) is 0 Å². The largest absolute Gasteiger partial charge is 0.465 e. The molecule has 100 valence electrons. The van der Waals surface area contributed by atoms with Crippen LogP contribution in [0.15, 0.2) is 57.1 Å². The monoisotopic (exact) mass is 332 g/mol. The van der Waals surface area contributed by atoms with Gasteiger partial charge in [-0.1, -0.05) is 22.0 Å². The number of carbonyl (C=O) groups excluding carboxylic acids is 2. The number of carbonyl (C=O) groups is 2. The van der Waals surface area contributed by atoms with Gasteiger partial charge in [0.25, 0.3) is 11.8 Å². The summed E-state index contributed by atoms with van der Waals surface area (Å²) in [6.45, 7) is 0. The number of hydrogen-bond acceptors (Lipinski definition) is 3. The fourth-order valence-electron chi connectivity index (χ4n) is 1.87. The van der Waals surface area contributed by atoms with Crippen molar-refractivity contribution < 1.29 is 14.0 Å². The van der Waals surface area contributed by atoms with Crippen molar-refractivity contribution in [2.75, 3.05) is 5.01 Å². The highest BCUT2D eigenvalue weighted by Crippen LogP contribution is 2.24. The van der Waals surface area contributed by atoms with Crippen molar-refractivity contribution in [3.8, 4) is 0 Å². The maximum atomic E-state index is 12.3. The molecule has 1 aromatic carbocycles. The SMILES string of the molecule is O=C1NN(c2cccc(Br)c2)C(=O)/C1=C/c1ccco1. The second kappa shape index (κ2) is 4.97. The summed E-state index contributed by atoms with van der Waals surface area (Å²) in [5.74, 6) is -0.407. The zero-order valence-electron chi connectivity index (χ0n) is 10.2. The van der Waals surface area contributed by atoms with Crippen LogP contribution in [0.1, 0.15) is 5.76 Å². The highest BCUT2D eigenvalue weighted by molar-refractivity contribution is 9.10. The summed E-state index contributed by atoms with van der Waals surface area (Å²) in [4.78, 5) is 24.2. The molecule has 0 saturated carbocycles. The lowest BCUT2D eigenvalue weighted by atomic mass is 10.2. The predicted molar refractivity (Wildman–Crippen MR) is 76.5 cm³/mol. The molecule has 0 radical (unpaired) electrons. The van der Waals surface area contributed by atoms with Crippen LogP contribution in [0, 0.1) is 0 Å². The highest BCUT2D eigenvalue weighted by atomic mass is 79.9. The molecule has 1 N–H and O–H groups in total. The molecule has 1 aliphatic heterocycles. The molecule has 5 nitrogen and oxygen atoms in total. The Balaban J connectivity index is 1.95. The van der Waals surface area contributed by atoms with E-state index in [1.807, 2.05) is 6.07 Å². The van der Waals surface area contributed by atoms with Crippen molar-refractivity contribution in [1.29, 1.82) is 0 Å². The zero-order valence-corrected chi connectivity index (χ0v) is 11.8. The topological polar surface area (TPSA) is 62.6 Å². The van der Waals surface area contributed by atoms with Crippen LogP contribution in [0.2, 0.25) is 0 Å². The van der Waals surface area contributed by atoms with Gasteiger partial charge in [-0.05, 0) is 36.4 Å². The molecular formula is C14H9BrN2O3. The molecule has 2 heterocycles. The lowest BCUT2D eigenvalue weighted by Crippen LogP contribution is -2.35. The zero-order chi connectivity index (χ0) is 14.1. The third-order valence-corrected chi connectivity index (χ3v) is 3.28. The lowest BCUT2D eigenvalue weighted by Gasteiger charge is -2.14. The third kappa shape index (κ3) is 2.25. The van der Waals surface area contributed by atoms with Crippen molar-refractivity contribution in [2.45, 2.75) is 0 Å². The molecule has 0 spiro atoms. The number of hydrogen-bond donors (Lipinski definition) is 1. The van der Waals surface area contributed by atoms with E-state index in [1.165, 1.54) is 17.3 Å². The normalized spacial score (nSPS) is 16.9. The molecule has 0 aliphatic carbocycles. The summed E-state index contributed by atoms with van der Waals surface area (Å²) in [6.07, 6.45) is 2.91. The summed E-state index contributed by atoms with van der Waals surface area (Å²) in [6, 6.07) is 10.5. The van der Waals surface area contributed by atoms with Crippen LogP contribution < -0.4 is 10.4 Å². The number of rotatable bonds is 2. The molecule has 2 amide bonds. The molecule has 6 heteroatoms. The lowest BCUT2D eigenvalue weighted by molar-refractivity contribution is -0.117. The number of amides is 2. The number of hydrazine groups is 1. The first-order chi connectivity index (χ1) is 9.65. The van der Waals surface area contributed by atoms with Gasteiger partial charge in [0.15, 0.2) is 0 Å². The van der Waals surface area contributed by atoms with Gasteiger partial charge in [-0.25, -0.2) is 5.01 Å². The van der Waals surface area contributed by atoms with Crippen molar-refractivity contribution >= 4 is 39.5 Å². The third-order valence-electron chi connectivity index (χ3n) is 2.79. The van der Waals surface area contributed by atoms with Crippen molar-refractivity contribution in [1.82, 2.24) is 5.43 Å². The van der Waals surface area contributed by atoms with Gasteiger partial charge in [0.1, 0.15) is 11.3 Å². The Kier molecular flexibility index (Phi) is 3.15. The maximum Gasteiger partial charge on any atom is 0.282 e. The van der Waals surface area contributed by atoms with Gasteiger partial charge < -0.3 is 4.42 Å². The van der Waals surface area contributed by atoms with Crippen LogP contribution in [0.3, 0.4) is 0 Å². The van der Waals surface area contributed by atoms with Crippen LogP contribution in [-0.4, -0.2) is 11.8 Å². The molecule has 2 aromatic rings. The van der Waals surface area contributed by atoms with E-state index in [9.17, 15) is 9.59 Å². The quantitative estimate of drug-likeness (QED) is 0.678. The van der Waals surface area contributed by atoms with Gasteiger partial charge in [0.2, 0.25) is 0 Å². The van der Waals surface area contributed by atoms with Crippen molar-refractivity contribution in [2.24, 2.45) is 0 Å². The number of furan rings is 1. The van der Waals surface area contributed by atoms with E-state index in [-0.39, 0.29) is 5.57 Å². The average Bonchev–Trinajstić information content (AvgIpc) is 3.02. The summed E-state index contributed by atoms with van der Waals surface area (Å²) >= 11 is 3.33. The van der Waals surface area contributed by atoms with Crippen LogP contribution in [-0.2, 0) is 9.59 Å². The van der Waals surface area contributed by atoms with Crippen LogP contribution >= 0.6 is 15.9 Å². The van der Waals surface area contributed by atoms with Gasteiger partial charge >= 0.3 is 0 Å². The van der Waals surface area contributed by atoms with E-state index in [0.29, 0.717) is 11.4 Å². The number of anilines is 1. The highest BCUT2D eigenvalue weighted by Gasteiger charge is 2.34. The Labute approximate surface area is 123 Å². The Morgan fingerprint density at radius 2 is 2.05 bits per heavy atom. The second-order valence-electron chi connectivity index (χ2n) is 4.13. The fraction of sp³-hybridized carbons (Fsp3) is 0. The number of benzene rings is 1. The number of nitrogens with zero attached hydrogens (tertiary/aromatic N) is 1. The van der Waals surface area contributed by atoms with Gasteiger partial charge in [-0.3, -0.25) is 15.0 Å². The van der Waals surface area contributed by atoms with E-state index in [0.717, 1.165) is 4.47 Å². The Morgan fingerprint density at radius 3 is 2.75 bits per heavy atom. The van der Waals surface area contributed by atoms with E-state index in [1.54, 1.807) is 30.3 Å². The molecule has 1 aromatic heterocycles. The molecule has 0 atom stereocenters. The van der Waals surface area contributed by atoms with E-state index in [2.05, 4.69) is 21.4 Å². The van der Waals surface area contributed by atoms with Gasteiger partial charge in [0, 0.05) is 4.47 Å². The van der Waals surface area contributed by atoms with E-state index in [4.69, 9.17) is 4.42 Å². The smallest absolute Gasteiger partial charge is 0.282 e. The molecular weight excluding hydrogens is 324 g/mol. The van der Waals surface area contributed by atoms with Gasteiger partial charge in [-0.15, -0.1) is 0 Å². The predicted octanol–water partition coefficient (Wildman–Crippen LogP) is 2.50. The van der Waals surface area contributed by atoms with Crippen molar-refractivity contribution in [3.05, 3.63) is 58.5 Å². The van der Waals surface area contributed by atoms with Gasteiger partial charge in [-0.2, -0.15) is 0 Å². The first-order valence-electron chi connectivity index (χ1n) is 5.81. The molecule has 1 aliphatic rings. The first-order valence-corrected chi connectivity index (χ1v) is 6.60. The van der Waals surface area contributed by atoms with Crippen LogP contribution in [0.5, 0.6) is 0 Å². The molecule has 1 fully saturated rings. The van der Waals surface area contributed by atoms with Crippen LogP contribution in [0.25, 0.3) is 6.08 Å². The summed E-state index contributed by atoms with van der Waals surface area (Å²) in [7, 11) is 0. The molecule has 0 bridgehead atoms. The second-order valence-corrected chi connectivity index (χ2v) is 5.05. The molecule has 3 rings (SSSR count). The van der Waals surface area contributed by atoms with Crippen LogP contribution in [0.4, 0.5) is 5.69 Å². The summed E-state index contributed by atoms with van der Waals surface area (Å²) < 4.78 is 5.94. The van der Waals surface area contributed by atoms with Gasteiger partial charge in [0.05, 0.1) is 12.0 Å². The molecule has 0 unspecified atom stereocenters. The minimum atomic E-state index is -0.452. The standard InChI is InChI=1S/C14H9BrN2O3/c15-9-3-1-4-10(7-9)17-14(19)12(13(18)16-17)8-11-5-2-6-20-11/h1-8H,(H,16,18)/b12-8+. The fourth-order valence-corrected chi connectivity index (χ4v) is 2.26. The first kappa shape index (κ1) is 12.7. The van der Waals surface area contributed by atoms with E-state index >= 15 is 0 Å². The molecule has 20 heavy (non-hydrogen) atoms. The average molecular weight is 333 g/mol. The Hall–Kier alpha value is -2.34. The summed E-state index contributed by atoms with van der Waals surface area (Å²) in [5.41, 5.74) is 3.15. The maximum absolute atomic E-state index is 12.3. The molecule has 1 saturated heterocycles.